The second kappa shape index (κ2) is 6.68. The Balaban J connectivity index is 0.00000162. The number of carbonyl (C=O) groups is 1. The zero-order valence-corrected chi connectivity index (χ0v) is 10.6. The second-order valence-corrected chi connectivity index (χ2v) is 4.06. The number of ether oxygens (including phenoxy) is 1. The highest BCUT2D eigenvalue weighted by Crippen LogP contribution is 2.20. The molecule has 1 heterocycles. The molecule has 0 aromatic heterocycles. The Morgan fingerprint density at radius 2 is 2.28 bits per heavy atom. The van der Waals surface area contributed by atoms with Crippen molar-refractivity contribution in [1.82, 2.24) is 0 Å². The average Bonchev–Trinajstić information content (AvgIpc) is 2.77. The van der Waals surface area contributed by atoms with Gasteiger partial charge in [0.05, 0.1) is 6.10 Å². The van der Waals surface area contributed by atoms with Gasteiger partial charge in [0.1, 0.15) is 11.9 Å². The number of benzene rings is 1. The predicted octanol–water partition coefficient (Wildman–Crippen LogP) is 1.69. The molecule has 1 aliphatic rings. The van der Waals surface area contributed by atoms with Crippen LogP contribution in [0.5, 0.6) is 0 Å². The maximum Gasteiger partial charge on any atom is 0.253 e. The van der Waals surface area contributed by atoms with Crippen LogP contribution in [0.4, 0.5) is 10.1 Å². The molecule has 100 valence electrons. The second-order valence-electron chi connectivity index (χ2n) is 4.06. The molecule has 3 N–H and O–H groups in total. The van der Waals surface area contributed by atoms with E-state index in [-0.39, 0.29) is 30.2 Å². The Bertz CT molecular complexity index is 417. The number of halogens is 2. The molecule has 1 amide bonds. The summed E-state index contributed by atoms with van der Waals surface area (Å²) < 4.78 is 18.4. The molecule has 4 nitrogen and oxygen atoms in total. The summed E-state index contributed by atoms with van der Waals surface area (Å²) in [5.41, 5.74) is 5.90. The maximum atomic E-state index is 12.9. The summed E-state index contributed by atoms with van der Waals surface area (Å²) in [4.78, 5) is 11.8. The first-order valence-corrected chi connectivity index (χ1v) is 5.61. The van der Waals surface area contributed by atoms with Crippen molar-refractivity contribution in [2.75, 3.05) is 11.9 Å². The lowest BCUT2D eigenvalue weighted by atomic mass is 10.2. The molecular weight excluding hydrogens is 259 g/mol. The Labute approximate surface area is 111 Å². The van der Waals surface area contributed by atoms with Gasteiger partial charge in [0.2, 0.25) is 0 Å². The SMILES string of the molecule is Cl.NC[C@H]1CC[C@@H](C(=O)Nc2cccc(F)c2)O1. The van der Waals surface area contributed by atoms with Crippen molar-refractivity contribution in [3.8, 4) is 0 Å². The molecular formula is C12H16ClFN2O2. The molecule has 1 aromatic carbocycles. The smallest absolute Gasteiger partial charge is 0.253 e. The van der Waals surface area contributed by atoms with E-state index in [1.807, 2.05) is 0 Å². The monoisotopic (exact) mass is 274 g/mol. The fraction of sp³-hybridized carbons (Fsp3) is 0.417. The summed E-state index contributed by atoms with van der Waals surface area (Å²) in [6, 6.07) is 5.78. The molecule has 18 heavy (non-hydrogen) atoms. The minimum atomic E-state index is -0.480. The zero-order chi connectivity index (χ0) is 12.3. The molecule has 0 aliphatic carbocycles. The zero-order valence-electron chi connectivity index (χ0n) is 9.77. The number of amides is 1. The molecule has 1 saturated heterocycles. The summed E-state index contributed by atoms with van der Waals surface area (Å²) >= 11 is 0. The van der Waals surface area contributed by atoms with Crippen LogP contribution in [-0.2, 0) is 9.53 Å². The number of hydrogen-bond acceptors (Lipinski definition) is 3. The lowest BCUT2D eigenvalue weighted by molar-refractivity contribution is -0.126. The van der Waals surface area contributed by atoms with Gasteiger partial charge in [-0.15, -0.1) is 12.4 Å². The van der Waals surface area contributed by atoms with E-state index in [4.69, 9.17) is 10.5 Å². The van der Waals surface area contributed by atoms with Gasteiger partial charge in [-0.25, -0.2) is 4.39 Å². The van der Waals surface area contributed by atoms with Gasteiger partial charge >= 0.3 is 0 Å². The predicted molar refractivity (Wildman–Crippen MR) is 69.2 cm³/mol. The van der Waals surface area contributed by atoms with Crippen molar-refractivity contribution in [1.29, 1.82) is 0 Å². The van der Waals surface area contributed by atoms with Crippen LogP contribution >= 0.6 is 12.4 Å². The third kappa shape index (κ3) is 3.66. The average molecular weight is 275 g/mol. The summed E-state index contributed by atoms with van der Waals surface area (Å²) in [5, 5.41) is 2.62. The molecule has 6 heteroatoms. The van der Waals surface area contributed by atoms with Crippen molar-refractivity contribution in [2.24, 2.45) is 5.73 Å². The number of carbonyl (C=O) groups excluding carboxylic acids is 1. The number of nitrogens with one attached hydrogen (secondary N) is 1. The van der Waals surface area contributed by atoms with E-state index in [0.717, 1.165) is 6.42 Å². The normalized spacial score (nSPS) is 22.3. The van der Waals surface area contributed by atoms with Crippen LogP contribution in [0.15, 0.2) is 24.3 Å². The third-order valence-electron chi connectivity index (χ3n) is 2.76. The first-order chi connectivity index (χ1) is 8.19. The van der Waals surface area contributed by atoms with E-state index < -0.39 is 6.10 Å². The minimum Gasteiger partial charge on any atom is -0.364 e. The van der Waals surface area contributed by atoms with Crippen molar-refractivity contribution < 1.29 is 13.9 Å². The van der Waals surface area contributed by atoms with Crippen molar-refractivity contribution in [3.05, 3.63) is 30.1 Å². The van der Waals surface area contributed by atoms with E-state index in [1.54, 1.807) is 12.1 Å². The van der Waals surface area contributed by atoms with E-state index >= 15 is 0 Å². The highest BCUT2D eigenvalue weighted by Gasteiger charge is 2.29. The van der Waals surface area contributed by atoms with Gasteiger partial charge in [-0.05, 0) is 31.0 Å². The third-order valence-corrected chi connectivity index (χ3v) is 2.76. The number of rotatable bonds is 3. The van der Waals surface area contributed by atoms with E-state index in [1.165, 1.54) is 12.1 Å². The van der Waals surface area contributed by atoms with E-state index in [0.29, 0.717) is 18.7 Å². The highest BCUT2D eigenvalue weighted by atomic mass is 35.5. The van der Waals surface area contributed by atoms with E-state index in [9.17, 15) is 9.18 Å². The van der Waals surface area contributed by atoms with Crippen LogP contribution in [-0.4, -0.2) is 24.7 Å². The lowest BCUT2D eigenvalue weighted by Gasteiger charge is -2.12. The summed E-state index contributed by atoms with van der Waals surface area (Å²) in [6.45, 7) is 0.420. The van der Waals surface area contributed by atoms with Gasteiger partial charge in [-0.2, -0.15) is 0 Å². The molecule has 1 aromatic rings. The number of nitrogens with two attached hydrogens (primary N) is 1. The van der Waals surface area contributed by atoms with Crippen LogP contribution in [0.25, 0.3) is 0 Å². The topological polar surface area (TPSA) is 64.4 Å². The van der Waals surface area contributed by atoms with Crippen molar-refractivity contribution in [3.63, 3.8) is 0 Å². The quantitative estimate of drug-likeness (QED) is 0.882. The summed E-state index contributed by atoms with van der Waals surface area (Å²) in [7, 11) is 0. The Hall–Kier alpha value is -1.17. The Kier molecular flexibility index (Phi) is 5.53. The number of anilines is 1. The van der Waals surface area contributed by atoms with E-state index in [2.05, 4.69) is 5.32 Å². The fourth-order valence-corrected chi connectivity index (χ4v) is 1.86. The molecule has 1 aliphatic heterocycles. The molecule has 2 rings (SSSR count). The van der Waals surface area contributed by atoms with Gasteiger partial charge in [0, 0.05) is 12.2 Å². The molecule has 1 fully saturated rings. The van der Waals surface area contributed by atoms with Crippen molar-refractivity contribution >= 4 is 24.0 Å². The summed E-state index contributed by atoms with van der Waals surface area (Å²) in [6.07, 6.45) is 0.922. The molecule has 0 spiro atoms. The van der Waals surface area contributed by atoms with Crippen LogP contribution in [0.2, 0.25) is 0 Å². The lowest BCUT2D eigenvalue weighted by Crippen LogP contribution is -2.29. The largest absolute Gasteiger partial charge is 0.364 e. The van der Waals surface area contributed by atoms with Crippen LogP contribution in [0.3, 0.4) is 0 Å². The standard InChI is InChI=1S/C12H15FN2O2.ClH/c13-8-2-1-3-9(6-8)15-12(16)11-5-4-10(7-14)17-11;/h1-3,6,10-11H,4-5,7,14H2,(H,15,16);1H/t10-,11+;/m1./s1. The van der Waals surface area contributed by atoms with Gasteiger partial charge in [0.25, 0.3) is 5.91 Å². The van der Waals surface area contributed by atoms with Crippen LogP contribution < -0.4 is 11.1 Å². The van der Waals surface area contributed by atoms with Gasteiger partial charge < -0.3 is 15.8 Å². The molecule has 0 radical (unpaired) electrons. The highest BCUT2D eigenvalue weighted by molar-refractivity contribution is 5.94. The first-order valence-electron chi connectivity index (χ1n) is 5.61. The first kappa shape index (κ1) is 14.9. The fourth-order valence-electron chi connectivity index (χ4n) is 1.86. The molecule has 2 atom stereocenters. The van der Waals surface area contributed by atoms with Crippen LogP contribution in [0.1, 0.15) is 12.8 Å². The minimum absolute atomic E-state index is 0. The number of hydrogen-bond donors (Lipinski definition) is 2. The maximum absolute atomic E-state index is 12.9. The van der Waals surface area contributed by atoms with Gasteiger partial charge in [0.15, 0.2) is 0 Å². The van der Waals surface area contributed by atoms with Gasteiger partial charge in [-0.1, -0.05) is 6.07 Å². The van der Waals surface area contributed by atoms with Crippen LogP contribution in [0, 0.1) is 5.82 Å². The Morgan fingerprint density at radius 3 is 2.89 bits per heavy atom. The summed E-state index contributed by atoms with van der Waals surface area (Å²) in [5.74, 6) is -0.624. The van der Waals surface area contributed by atoms with Gasteiger partial charge in [-0.3, -0.25) is 4.79 Å². The molecule has 0 unspecified atom stereocenters. The Morgan fingerprint density at radius 1 is 1.50 bits per heavy atom. The molecule has 0 bridgehead atoms. The van der Waals surface area contributed by atoms with Crippen molar-refractivity contribution in [2.45, 2.75) is 25.0 Å². The molecule has 0 saturated carbocycles.